The number of anilines is 1. The van der Waals surface area contributed by atoms with Gasteiger partial charge in [0, 0.05) is 19.5 Å². The number of hydrogen-bond acceptors (Lipinski definition) is 5. The zero-order valence-electron chi connectivity index (χ0n) is 26.8. The normalized spacial score (nSPS) is 13.9. The number of carbonyl (C=O) groups is 1. The van der Waals surface area contributed by atoms with E-state index in [0.29, 0.717) is 24.5 Å². The van der Waals surface area contributed by atoms with Gasteiger partial charge in [-0.1, -0.05) is 54.8 Å². The van der Waals surface area contributed by atoms with Gasteiger partial charge in [-0.2, -0.15) is 26.3 Å². The highest BCUT2D eigenvalue weighted by molar-refractivity contribution is 5.72. The summed E-state index contributed by atoms with van der Waals surface area (Å²) in [6, 6.07) is 14.0. The first-order valence-corrected chi connectivity index (χ1v) is 15.9. The molecule has 0 spiro atoms. The molecule has 5 nitrogen and oxygen atoms in total. The number of aryl methyl sites for hydroxylation is 2. The molecule has 48 heavy (non-hydrogen) atoms. The fourth-order valence-electron chi connectivity index (χ4n) is 6.20. The number of benzene rings is 3. The second-order valence-corrected chi connectivity index (χ2v) is 12.4. The minimum absolute atomic E-state index is 0.0985. The molecule has 1 fully saturated rings. The quantitative estimate of drug-likeness (QED) is 0.0854. The first-order valence-electron chi connectivity index (χ1n) is 15.9. The lowest BCUT2D eigenvalue weighted by Crippen LogP contribution is -2.25. The Bertz CT molecular complexity index is 1680. The molecule has 0 bridgehead atoms. The van der Waals surface area contributed by atoms with Crippen LogP contribution < -0.4 is 9.64 Å². The van der Waals surface area contributed by atoms with Crippen molar-refractivity contribution in [1.82, 2.24) is 9.97 Å². The number of ether oxygens (including phenoxy) is 1. The van der Waals surface area contributed by atoms with Crippen LogP contribution in [0, 0.1) is 13.8 Å². The average Bonchev–Trinajstić information content (AvgIpc) is 3.58. The smallest absolute Gasteiger partial charge is 0.416 e. The molecule has 1 aliphatic carbocycles. The number of alkyl halides is 6. The number of unbranched alkanes of at least 4 members (excludes halogenated alkanes) is 1. The van der Waals surface area contributed by atoms with Gasteiger partial charge in [0.2, 0.25) is 5.95 Å². The third kappa shape index (κ3) is 8.73. The van der Waals surface area contributed by atoms with Crippen molar-refractivity contribution in [3.8, 4) is 16.9 Å². The summed E-state index contributed by atoms with van der Waals surface area (Å²) in [7, 11) is 0. The van der Waals surface area contributed by atoms with Crippen molar-refractivity contribution in [2.24, 2.45) is 0 Å². The lowest BCUT2D eigenvalue weighted by molar-refractivity contribution is -0.143. The number of halogens is 6. The summed E-state index contributed by atoms with van der Waals surface area (Å²) < 4.78 is 88.2. The second kappa shape index (κ2) is 14.8. The summed E-state index contributed by atoms with van der Waals surface area (Å²) in [6.45, 7) is 3.96. The van der Waals surface area contributed by atoms with Crippen LogP contribution in [0.15, 0.2) is 67.0 Å². The van der Waals surface area contributed by atoms with Crippen molar-refractivity contribution in [2.75, 3.05) is 11.5 Å². The van der Waals surface area contributed by atoms with E-state index in [1.54, 1.807) is 4.90 Å². The van der Waals surface area contributed by atoms with Gasteiger partial charge in [0.25, 0.3) is 0 Å². The molecule has 4 aromatic rings. The van der Waals surface area contributed by atoms with Crippen molar-refractivity contribution >= 4 is 12.2 Å². The largest absolute Gasteiger partial charge is 0.490 e. The highest BCUT2D eigenvalue weighted by Gasteiger charge is 2.37. The van der Waals surface area contributed by atoms with Crippen LogP contribution in [0.3, 0.4) is 0 Å². The number of hydrogen-bond donors (Lipinski definition) is 0. The number of rotatable bonds is 12. The highest BCUT2D eigenvalue weighted by Crippen LogP contribution is 2.39. The Morgan fingerprint density at radius 1 is 0.833 bits per heavy atom. The lowest BCUT2D eigenvalue weighted by Gasteiger charge is -2.26. The SMILES string of the molecule is Cc1ccc(-c2cc(C3CCCC3)ccc2C)c(CN(Cc2cc(C(F)(F)F)cc(C(F)(F)F)c2)c2ncc(OCCCC=O)cn2)c1. The fourth-order valence-corrected chi connectivity index (χ4v) is 6.20. The predicted molar refractivity (Wildman–Crippen MR) is 172 cm³/mol. The molecule has 0 saturated heterocycles. The van der Waals surface area contributed by atoms with E-state index >= 15 is 0 Å². The Kier molecular flexibility index (Phi) is 10.8. The Morgan fingerprint density at radius 3 is 2.12 bits per heavy atom. The van der Waals surface area contributed by atoms with Gasteiger partial charge in [0.1, 0.15) is 6.29 Å². The lowest BCUT2D eigenvalue weighted by atomic mass is 9.89. The van der Waals surface area contributed by atoms with E-state index in [2.05, 4.69) is 28.2 Å². The molecule has 0 unspecified atom stereocenters. The predicted octanol–water partition coefficient (Wildman–Crippen LogP) is 10.0. The van der Waals surface area contributed by atoms with Gasteiger partial charge in [-0.25, -0.2) is 9.97 Å². The average molecular weight is 670 g/mol. The van der Waals surface area contributed by atoms with Gasteiger partial charge in [-0.05, 0) is 90.6 Å². The van der Waals surface area contributed by atoms with Crippen molar-refractivity contribution in [3.05, 3.63) is 106 Å². The van der Waals surface area contributed by atoms with Crippen molar-refractivity contribution in [3.63, 3.8) is 0 Å². The van der Waals surface area contributed by atoms with Gasteiger partial charge >= 0.3 is 12.4 Å². The van der Waals surface area contributed by atoms with E-state index in [1.165, 1.54) is 30.8 Å². The molecule has 1 heterocycles. The van der Waals surface area contributed by atoms with Gasteiger partial charge in [0.05, 0.1) is 30.1 Å². The van der Waals surface area contributed by atoms with Crippen LogP contribution in [-0.2, 0) is 30.2 Å². The number of aldehydes is 1. The van der Waals surface area contributed by atoms with E-state index in [9.17, 15) is 31.1 Å². The topological polar surface area (TPSA) is 55.3 Å². The maximum atomic E-state index is 13.8. The van der Waals surface area contributed by atoms with Crippen LogP contribution in [-0.4, -0.2) is 22.9 Å². The van der Waals surface area contributed by atoms with Gasteiger partial charge in [0.15, 0.2) is 5.75 Å². The van der Waals surface area contributed by atoms with Gasteiger partial charge < -0.3 is 14.4 Å². The van der Waals surface area contributed by atoms with Crippen molar-refractivity contribution in [1.29, 1.82) is 0 Å². The van der Waals surface area contributed by atoms with Crippen LogP contribution in [0.2, 0.25) is 0 Å². The first-order chi connectivity index (χ1) is 22.8. The third-order valence-electron chi connectivity index (χ3n) is 8.65. The van der Waals surface area contributed by atoms with Crippen molar-refractivity contribution in [2.45, 2.75) is 83.7 Å². The molecule has 0 radical (unpaired) electrons. The Balaban J connectivity index is 1.56. The highest BCUT2D eigenvalue weighted by atomic mass is 19.4. The molecule has 1 aliphatic rings. The summed E-state index contributed by atoms with van der Waals surface area (Å²) in [5.74, 6) is 0.898. The van der Waals surface area contributed by atoms with Gasteiger partial charge in [-0.3, -0.25) is 0 Å². The third-order valence-corrected chi connectivity index (χ3v) is 8.65. The van der Waals surface area contributed by atoms with E-state index in [1.807, 2.05) is 32.0 Å². The molecule has 3 aromatic carbocycles. The summed E-state index contributed by atoms with van der Waals surface area (Å²) in [4.78, 5) is 21.0. The van der Waals surface area contributed by atoms with E-state index < -0.39 is 23.5 Å². The van der Waals surface area contributed by atoms with Crippen LogP contribution in [0.25, 0.3) is 11.1 Å². The van der Waals surface area contributed by atoms with E-state index in [0.717, 1.165) is 59.1 Å². The molecule has 0 N–H and O–H groups in total. The van der Waals surface area contributed by atoms with Crippen molar-refractivity contribution < 1.29 is 35.9 Å². The van der Waals surface area contributed by atoms with E-state index in [-0.39, 0.29) is 37.3 Å². The maximum absolute atomic E-state index is 13.8. The minimum Gasteiger partial charge on any atom is -0.490 e. The molecule has 1 aromatic heterocycles. The minimum atomic E-state index is -4.98. The molecule has 254 valence electrons. The second-order valence-electron chi connectivity index (χ2n) is 12.4. The molecular formula is C37H37F6N3O2. The van der Waals surface area contributed by atoms with Crippen LogP contribution in [0.5, 0.6) is 5.75 Å². The Morgan fingerprint density at radius 2 is 1.50 bits per heavy atom. The summed E-state index contributed by atoms with van der Waals surface area (Å²) in [5.41, 5.74) is 3.04. The molecule has 1 saturated carbocycles. The summed E-state index contributed by atoms with van der Waals surface area (Å²) in [6.07, 6.45) is -0.935. The molecular weight excluding hydrogens is 632 g/mol. The maximum Gasteiger partial charge on any atom is 0.416 e. The molecule has 0 atom stereocenters. The fraction of sp³-hybridized carbons (Fsp3) is 0.378. The summed E-state index contributed by atoms with van der Waals surface area (Å²) in [5, 5.41) is 0. The molecule has 5 rings (SSSR count). The number of nitrogens with zero attached hydrogens (tertiary/aromatic N) is 3. The summed E-state index contributed by atoms with van der Waals surface area (Å²) >= 11 is 0. The Labute approximate surface area is 276 Å². The number of carbonyl (C=O) groups excluding carboxylic acids is 1. The first kappa shape index (κ1) is 34.9. The Hall–Kier alpha value is -4.41. The zero-order valence-corrected chi connectivity index (χ0v) is 26.8. The molecule has 0 aliphatic heterocycles. The van der Waals surface area contributed by atoms with E-state index in [4.69, 9.17) is 4.74 Å². The monoisotopic (exact) mass is 669 g/mol. The zero-order chi connectivity index (χ0) is 34.5. The van der Waals surface area contributed by atoms with Crippen LogP contribution in [0.4, 0.5) is 32.3 Å². The molecule has 11 heteroatoms. The molecule has 0 amide bonds. The van der Waals surface area contributed by atoms with Gasteiger partial charge in [-0.15, -0.1) is 0 Å². The van der Waals surface area contributed by atoms with Crippen LogP contribution in [0.1, 0.15) is 83.4 Å². The standard InChI is InChI=1S/C37H37F6N3O2/c1-24-9-12-33(34-18-28(11-10-25(34)2)27-7-3-4-8-27)29(15-24)23-46(35-44-20-32(21-45-35)48-14-6-5-13-47)22-26-16-30(36(38,39)40)19-31(17-26)37(41,42)43/h9-13,15-21,27H,3-8,14,22-23H2,1-2H3. The van der Waals surface area contributed by atoms with Crippen LogP contribution >= 0.6 is 0 Å². The number of aromatic nitrogens is 2.